The Balaban J connectivity index is 2.22. The minimum absolute atomic E-state index is 0.350. The maximum Gasteiger partial charge on any atom is 0.272 e. The van der Waals surface area contributed by atoms with Crippen molar-refractivity contribution in [2.45, 2.75) is 13.8 Å². The van der Waals surface area contributed by atoms with Crippen molar-refractivity contribution in [1.82, 2.24) is 5.43 Å². The highest BCUT2D eigenvalue weighted by Gasteiger charge is 2.10. The quantitative estimate of drug-likeness (QED) is 0.689. The molecule has 0 radical (unpaired) electrons. The second kappa shape index (κ2) is 7.09. The van der Waals surface area contributed by atoms with E-state index in [9.17, 15) is 4.79 Å². The van der Waals surface area contributed by atoms with Crippen LogP contribution in [0.3, 0.4) is 0 Å². The van der Waals surface area contributed by atoms with E-state index in [-0.39, 0.29) is 5.91 Å². The number of methoxy groups -OCH3 is 1. The van der Waals surface area contributed by atoms with Crippen LogP contribution < -0.4 is 10.2 Å². The number of hydrogen-bond donors (Lipinski definition) is 1. The fourth-order valence-electron chi connectivity index (χ4n) is 2.00. The van der Waals surface area contributed by atoms with Crippen LogP contribution in [0.5, 0.6) is 5.75 Å². The number of carbonyl (C=O) groups is 1. The summed E-state index contributed by atoms with van der Waals surface area (Å²) in [5.41, 5.74) is 5.48. The predicted molar refractivity (Wildman–Crippen MR) is 88.9 cm³/mol. The molecule has 0 aromatic heterocycles. The molecule has 1 N–H and O–H groups in total. The largest absolute Gasteiger partial charge is 0.496 e. The number of hydrogen-bond acceptors (Lipinski definition) is 3. The molecule has 0 atom stereocenters. The van der Waals surface area contributed by atoms with Crippen LogP contribution in [0.25, 0.3) is 0 Å². The Hall–Kier alpha value is -2.33. The van der Waals surface area contributed by atoms with Crippen LogP contribution in [0, 0.1) is 6.92 Å². The Morgan fingerprint density at radius 2 is 1.91 bits per heavy atom. The smallest absolute Gasteiger partial charge is 0.272 e. The lowest BCUT2D eigenvalue weighted by molar-refractivity contribution is 0.0955. The van der Waals surface area contributed by atoms with Crippen molar-refractivity contribution in [3.8, 4) is 5.75 Å². The van der Waals surface area contributed by atoms with E-state index in [0.717, 1.165) is 11.1 Å². The van der Waals surface area contributed by atoms with Gasteiger partial charge < -0.3 is 4.74 Å². The molecule has 0 saturated heterocycles. The summed E-state index contributed by atoms with van der Waals surface area (Å²) >= 11 is 5.99. The molecule has 2 aromatic rings. The van der Waals surface area contributed by atoms with Gasteiger partial charge in [-0.15, -0.1) is 0 Å². The SMILES string of the molecule is COc1ccc(C)cc1/C(C)=N\NC(=O)c1ccccc1Cl. The summed E-state index contributed by atoms with van der Waals surface area (Å²) in [4.78, 5) is 12.1. The van der Waals surface area contributed by atoms with Gasteiger partial charge in [-0.3, -0.25) is 4.79 Å². The average molecular weight is 317 g/mol. The van der Waals surface area contributed by atoms with Crippen molar-refractivity contribution in [1.29, 1.82) is 0 Å². The summed E-state index contributed by atoms with van der Waals surface area (Å²) in [6.45, 7) is 3.79. The monoisotopic (exact) mass is 316 g/mol. The van der Waals surface area contributed by atoms with Crippen LogP contribution in [-0.4, -0.2) is 18.7 Å². The molecule has 22 heavy (non-hydrogen) atoms. The number of nitrogens with one attached hydrogen (secondary N) is 1. The fourth-order valence-corrected chi connectivity index (χ4v) is 2.23. The lowest BCUT2D eigenvalue weighted by Crippen LogP contribution is -2.19. The molecule has 0 unspecified atom stereocenters. The van der Waals surface area contributed by atoms with Gasteiger partial charge in [0.1, 0.15) is 5.75 Å². The van der Waals surface area contributed by atoms with Gasteiger partial charge in [0.25, 0.3) is 5.91 Å². The Morgan fingerprint density at radius 1 is 1.18 bits per heavy atom. The van der Waals surface area contributed by atoms with Crippen molar-refractivity contribution < 1.29 is 9.53 Å². The molecule has 4 nitrogen and oxygen atoms in total. The maximum atomic E-state index is 12.1. The first kappa shape index (κ1) is 16.0. The zero-order valence-electron chi connectivity index (χ0n) is 12.7. The molecule has 2 aromatic carbocycles. The van der Waals surface area contributed by atoms with Gasteiger partial charge in [-0.1, -0.05) is 35.4 Å². The Kier molecular flexibility index (Phi) is 5.17. The third-order valence-electron chi connectivity index (χ3n) is 3.19. The zero-order valence-corrected chi connectivity index (χ0v) is 13.4. The van der Waals surface area contributed by atoms with Gasteiger partial charge in [0.15, 0.2) is 0 Å². The zero-order chi connectivity index (χ0) is 16.1. The van der Waals surface area contributed by atoms with Gasteiger partial charge in [0.05, 0.1) is 23.4 Å². The Bertz CT molecular complexity index is 726. The summed E-state index contributed by atoms with van der Waals surface area (Å²) in [6.07, 6.45) is 0. The summed E-state index contributed by atoms with van der Waals surface area (Å²) in [5, 5.41) is 4.53. The van der Waals surface area contributed by atoms with Gasteiger partial charge in [0.2, 0.25) is 0 Å². The number of benzene rings is 2. The van der Waals surface area contributed by atoms with Gasteiger partial charge in [-0.2, -0.15) is 5.10 Å². The standard InChI is InChI=1S/C17H17ClN2O2/c1-11-8-9-16(22-3)14(10-11)12(2)19-20-17(21)13-6-4-5-7-15(13)18/h4-10H,1-3H3,(H,20,21)/b19-12-. The van der Waals surface area contributed by atoms with Crippen LogP contribution >= 0.6 is 11.6 Å². The Labute approximate surface area is 134 Å². The van der Waals surface area contributed by atoms with Crippen LogP contribution in [0.1, 0.15) is 28.4 Å². The fraction of sp³-hybridized carbons (Fsp3) is 0.176. The van der Waals surface area contributed by atoms with E-state index in [4.69, 9.17) is 16.3 Å². The number of carbonyl (C=O) groups excluding carboxylic acids is 1. The minimum atomic E-state index is -0.350. The van der Waals surface area contributed by atoms with Gasteiger partial charge in [-0.05, 0) is 38.1 Å². The second-order valence-electron chi connectivity index (χ2n) is 4.82. The van der Waals surface area contributed by atoms with Gasteiger partial charge in [0, 0.05) is 5.56 Å². The van der Waals surface area contributed by atoms with Crippen LogP contribution in [0.4, 0.5) is 0 Å². The lowest BCUT2D eigenvalue weighted by atomic mass is 10.1. The Morgan fingerprint density at radius 3 is 2.59 bits per heavy atom. The molecule has 2 rings (SSSR count). The topological polar surface area (TPSA) is 50.7 Å². The van der Waals surface area contributed by atoms with Crippen LogP contribution in [0.15, 0.2) is 47.6 Å². The van der Waals surface area contributed by atoms with Crippen molar-refractivity contribution in [2.24, 2.45) is 5.10 Å². The first-order valence-electron chi connectivity index (χ1n) is 6.77. The van der Waals surface area contributed by atoms with Crippen molar-refractivity contribution >= 4 is 23.2 Å². The molecule has 0 heterocycles. The molecule has 0 spiro atoms. The molecule has 0 bridgehead atoms. The van der Waals surface area contributed by atoms with E-state index in [1.165, 1.54) is 0 Å². The molecule has 0 aliphatic heterocycles. The highest BCUT2D eigenvalue weighted by Crippen LogP contribution is 2.20. The molecule has 1 amide bonds. The molecule has 0 aliphatic rings. The highest BCUT2D eigenvalue weighted by atomic mass is 35.5. The van der Waals surface area contributed by atoms with E-state index >= 15 is 0 Å². The van der Waals surface area contributed by atoms with E-state index < -0.39 is 0 Å². The summed E-state index contributed by atoms with van der Waals surface area (Å²) < 4.78 is 5.32. The lowest BCUT2D eigenvalue weighted by Gasteiger charge is -2.09. The molecule has 0 aliphatic carbocycles. The third-order valence-corrected chi connectivity index (χ3v) is 3.52. The first-order valence-corrected chi connectivity index (χ1v) is 7.15. The molecule has 5 heteroatoms. The first-order chi connectivity index (χ1) is 10.5. The summed E-state index contributed by atoms with van der Waals surface area (Å²) in [6, 6.07) is 12.6. The predicted octanol–water partition coefficient (Wildman–Crippen LogP) is 3.81. The van der Waals surface area contributed by atoms with Gasteiger partial charge >= 0.3 is 0 Å². The van der Waals surface area contributed by atoms with Crippen LogP contribution in [-0.2, 0) is 0 Å². The number of rotatable bonds is 4. The number of ether oxygens (including phenoxy) is 1. The molecular weight excluding hydrogens is 300 g/mol. The molecular formula is C17H17ClN2O2. The third kappa shape index (κ3) is 3.65. The normalized spacial score (nSPS) is 11.2. The van der Waals surface area contributed by atoms with Crippen molar-refractivity contribution in [3.63, 3.8) is 0 Å². The van der Waals surface area contributed by atoms with Crippen LogP contribution in [0.2, 0.25) is 5.02 Å². The number of nitrogens with zero attached hydrogens (tertiary/aromatic N) is 1. The number of amides is 1. The van der Waals surface area contributed by atoms with E-state index in [0.29, 0.717) is 22.0 Å². The average Bonchev–Trinajstić information content (AvgIpc) is 2.52. The number of aryl methyl sites for hydroxylation is 1. The van der Waals surface area contributed by atoms with E-state index in [1.54, 1.807) is 31.4 Å². The summed E-state index contributed by atoms with van der Waals surface area (Å²) in [7, 11) is 1.60. The minimum Gasteiger partial charge on any atom is -0.496 e. The molecule has 114 valence electrons. The highest BCUT2D eigenvalue weighted by molar-refractivity contribution is 6.33. The second-order valence-corrected chi connectivity index (χ2v) is 5.23. The van der Waals surface area contributed by atoms with E-state index in [2.05, 4.69) is 10.5 Å². The number of halogens is 1. The van der Waals surface area contributed by atoms with E-state index in [1.807, 2.05) is 32.0 Å². The van der Waals surface area contributed by atoms with Gasteiger partial charge in [-0.25, -0.2) is 5.43 Å². The van der Waals surface area contributed by atoms with Crippen molar-refractivity contribution in [2.75, 3.05) is 7.11 Å². The number of hydrazone groups is 1. The maximum absolute atomic E-state index is 12.1. The molecule has 0 saturated carbocycles. The molecule has 0 fully saturated rings. The van der Waals surface area contributed by atoms with Crippen molar-refractivity contribution in [3.05, 3.63) is 64.2 Å². The summed E-state index contributed by atoms with van der Waals surface area (Å²) in [5.74, 6) is 0.357.